The van der Waals surface area contributed by atoms with Gasteiger partial charge in [-0.2, -0.15) is 0 Å². The van der Waals surface area contributed by atoms with Gasteiger partial charge in [-0.05, 0) is 43.0 Å². The van der Waals surface area contributed by atoms with Gasteiger partial charge >= 0.3 is 0 Å². The van der Waals surface area contributed by atoms with Crippen LogP contribution in [0.25, 0.3) is 0 Å². The van der Waals surface area contributed by atoms with Crippen LogP contribution in [0.2, 0.25) is 0 Å². The van der Waals surface area contributed by atoms with Crippen LogP contribution in [-0.4, -0.2) is 44.4 Å². The molecule has 0 aliphatic heterocycles. The molecule has 0 unspecified atom stereocenters. The van der Waals surface area contributed by atoms with Crippen LogP contribution in [0.3, 0.4) is 0 Å². The van der Waals surface area contributed by atoms with Gasteiger partial charge in [-0.3, -0.25) is 0 Å². The molecule has 6 nitrogen and oxygen atoms in total. The number of nitrogens with one attached hydrogen (secondary N) is 2. The van der Waals surface area contributed by atoms with E-state index in [0.29, 0.717) is 25.6 Å². The Kier molecular flexibility index (Phi) is 7.41. The highest BCUT2D eigenvalue weighted by molar-refractivity contribution is 5.80. The maximum Gasteiger partial charge on any atom is 0.213 e. The molecule has 1 aromatic heterocycles. The zero-order valence-corrected chi connectivity index (χ0v) is 17.1. The van der Waals surface area contributed by atoms with Gasteiger partial charge in [0.15, 0.2) is 5.96 Å². The van der Waals surface area contributed by atoms with Crippen molar-refractivity contribution in [1.29, 1.82) is 0 Å². The molecule has 1 fully saturated rings. The molecule has 0 spiro atoms. The molecule has 156 valence electrons. The van der Waals surface area contributed by atoms with Crippen molar-refractivity contribution in [2.75, 3.05) is 33.4 Å². The van der Waals surface area contributed by atoms with Crippen molar-refractivity contribution in [3.8, 4) is 5.88 Å². The summed E-state index contributed by atoms with van der Waals surface area (Å²) in [5, 5.41) is 6.68. The normalized spacial score (nSPS) is 15.1. The summed E-state index contributed by atoms with van der Waals surface area (Å²) in [7, 11) is 1.64. The van der Waals surface area contributed by atoms with E-state index in [-0.39, 0.29) is 11.2 Å². The third-order valence-electron chi connectivity index (χ3n) is 4.98. The van der Waals surface area contributed by atoms with E-state index < -0.39 is 0 Å². The summed E-state index contributed by atoms with van der Waals surface area (Å²) in [6, 6.07) is 10.7. The topological polar surface area (TPSA) is 67.8 Å². The number of nitrogens with zero attached hydrogens (tertiary/aromatic N) is 2. The fraction of sp³-hybridized carbons (Fsp3) is 0.455. The summed E-state index contributed by atoms with van der Waals surface area (Å²) < 4.78 is 24.0. The number of rotatable bonds is 10. The summed E-state index contributed by atoms with van der Waals surface area (Å²) in [5.41, 5.74) is 2.04. The molecular weight excluding hydrogens is 371 g/mol. The predicted molar refractivity (Wildman–Crippen MR) is 112 cm³/mol. The summed E-state index contributed by atoms with van der Waals surface area (Å²) >= 11 is 0. The number of ether oxygens (including phenoxy) is 2. The lowest BCUT2D eigenvalue weighted by Crippen LogP contribution is -2.41. The Morgan fingerprint density at radius 2 is 2.07 bits per heavy atom. The molecule has 1 heterocycles. The van der Waals surface area contributed by atoms with Crippen LogP contribution in [0.4, 0.5) is 4.39 Å². The molecule has 2 aromatic rings. The molecule has 2 N–H and O–H groups in total. The molecule has 0 bridgehead atoms. The van der Waals surface area contributed by atoms with E-state index >= 15 is 0 Å². The molecule has 3 rings (SSSR count). The lowest BCUT2D eigenvalue weighted by atomic mass is 9.96. The maximum absolute atomic E-state index is 13.6. The second-order valence-electron chi connectivity index (χ2n) is 7.19. The van der Waals surface area contributed by atoms with Crippen molar-refractivity contribution in [2.24, 2.45) is 4.99 Å². The van der Waals surface area contributed by atoms with Crippen LogP contribution in [0, 0.1) is 5.82 Å². The third kappa shape index (κ3) is 6.15. The number of halogens is 1. The second kappa shape index (κ2) is 10.2. The van der Waals surface area contributed by atoms with Gasteiger partial charge in [0.25, 0.3) is 0 Å². The largest absolute Gasteiger partial charge is 0.475 e. The van der Waals surface area contributed by atoms with Crippen molar-refractivity contribution in [2.45, 2.75) is 31.7 Å². The highest BCUT2D eigenvalue weighted by atomic mass is 19.1. The minimum absolute atomic E-state index is 0.00103. The van der Waals surface area contributed by atoms with Gasteiger partial charge in [-0.25, -0.2) is 14.4 Å². The van der Waals surface area contributed by atoms with Gasteiger partial charge in [0.05, 0.1) is 13.2 Å². The number of aromatic nitrogens is 1. The molecule has 1 aliphatic rings. The average Bonchev–Trinajstić information content (AvgIpc) is 3.52. The van der Waals surface area contributed by atoms with Crippen molar-refractivity contribution < 1.29 is 13.9 Å². The third-order valence-corrected chi connectivity index (χ3v) is 4.98. The smallest absolute Gasteiger partial charge is 0.213 e. The number of pyridine rings is 1. The Labute approximate surface area is 171 Å². The zero-order valence-electron chi connectivity index (χ0n) is 17.1. The summed E-state index contributed by atoms with van der Waals surface area (Å²) in [5.74, 6) is 1.14. The van der Waals surface area contributed by atoms with Gasteiger partial charge in [0.1, 0.15) is 12.4 Å². The highest BCUT2D eigenvalue weighted by Crippen LogP contribution is 2.47. The van der Waals surface area contributed by atoms with Crippen molar-refractivity contribution in [3.63, 3.8) is 0 Å². The number of hydrogen-bond donors (Lipinski definition) is 2. The first-order valence-corrected chi connectivity index (χ1v) is 10.00. The lowest BCUT2D eigenvalue weighted by molar-refractivity contribution is 0.143. The van der Waals surface area contributed by atoms with Gasteiger partial charge in [-0.1, -0.05) is 18.2 Å². The van der Waals surface area contributed by atoms with Crippen LogP contribution in [-0.2, 0) is 16.7 Å². The van der Waals surface area contributed by atoms with Gasteiger partial charge in [0.2, 0.25) is 5.88 Å². The Morgan fingerprint density at radius 1 is 1.21 bits per heavy atom. The molecule has 29 heavy (non-hydrogen) atoms. The first-order valence-electron chi connectivity index (χ1n) is 10.00. The Morgan fingerprint density at radius 3 is 2.72 bits per heavy atom. The molecule has 0 amide bonds. The quantitative estimate of drug-likeness (QED) is 0.365. The minimum Gasteiger partial charge on any atom is -0.475 e. The van der Waals surface area contributed by atoms with Crippen molar-refractivity contribution >= 4 is 5.96 Å². The number of benzene rings is 1. The molecule has 0 radical (unpaired) electrons. The fourth-order valence-electron chi connectivity index (χ4n) is 3.12. The minimum atomic E-state index is -0.184. The van der Waals surface area contributed by atoms with E-state index in [0.717, 1.165) is 43.0 Å². The first kappa shape index (κ1) is 21.0. The van der Waals surface area contributed by atoms with E-state index in [1.165, 1.54) is 6.07 Å². The average molecular weight is 400 g/mol. The molecule has 1 saturated carbocycles. The first-order chi connectivity index (χ1) is 14.1. The van der Waals surface area contributed by atoms with Crippen LogP contribution in [0.1, 0.15) is 30.9 Å². The Bertz CT molecular complexity index is 807. The monoisotopic (exact) mass is 400 g/mol. The van der Waals surface area contributed by atoms with Gasteiger partial charge in [-0.15, -0.1) is 0 Å². The Hall–Kier alpha value is -2.67. The number of methoxy groups -OCH3 is 1. The Balaban J connectivity index is 1.56. The van der Waals surface area contributed by atoms with Crippen molar-refractivity contribution in [1.82, 2.24) is 15.6 Å². The zero-order chi connectivity index (χ0) is 20.5. The summed E-state index contributed by atoms with van der Waals surface area (Å²) in [6.45, 7) is 5.04. The van der Waals surface area contributed by atoms with E-state index in [1.807, 2.05) is 25.1 Å². The summed E-state index contributed by atoms with van der Waals surface area (Å²) in [6.07, 6.45) is 3.87. The van der Waals surface area contributed by atoms with Crippen molar-refractivity contribution in [3.05, 3.63) is 59.5 Å². The number of aliphatic imine (C=N–C) groups is 1. The van der Waals surface area contributed by atoms with Gasteiger partial charge < -0.3 is 20.1 Å². The summed E-state index contributed by atoms with van der Waals surface area (Å²) in [4.78, 5) is 8.94. The van der Waals surface area contributed by atoms with Crippen LogP contribution >= 0.6 is 0 Å². The molecule has 1 aliphatic carbocycles. The predicted octanol–water partition coefficient (Wildman–Crippen LogP) is 3.03. The fourth-order valence-corrected chi connectivity index (χ4v) is 3.12. The van der Waals surface area contributed by atoms with Crippen LogP contribution in [0.5, 0.6) is 5.88 Å². The van der Waals surface area contributed by atoms with E-state index in [4.69, 9.17) is 9.47 Å². The molecular formula is C22H29FN4O2. The standard InChI is InChI=1S/C22H29FN4O2/c1-3-24-21(26-15-17-7-8-20(25-14-17)29-12-11-28-2)27-16-22(9-10-22)18-5-4-6-19(23)13-18/h4-8,13-14H,3,9-12,15-16H2,1-2H3,(H2,24,26,27). The molecule has 7 heteroatoms. The molecule has 0 atom stereocenters. The lowest BCUT2D eigenvalue weighted by Gasteiger charge is -2.19. The molecule has 1 aromatic carbocycles. The van der Waals surface area contributed by atoms with Gasteiger partial charge in [0, 0.05) is 37.9 Å². The number of hydrogen-bond acceptors (Lipinski definition) is 4. The molecule has 0 saturated heterocycles. The SMILES string of the molecule is CCNC(=NCc1ccc(OCCOC)nc1)NCC1(c2cccc(F)c2)CC1. The second-order valence-corrected chi connectivity index (χ2v) is 7.19. The van der Waals surface area contributed by atoms with E-state index in [2.05, 4.69) is 20.6 Å². The maximum atomic E-state index is 13.6. The van der Waals surface area contributed by atoms with Crippen LogP contribution in [0.15, 0.2) is 47.6 Å². The highest BCUT2D eigenvalue weighted by Gasteiger charge is 2.44. The number of guanidine groups is 1. The van der Waals surface area contributed by atoms with E-state index in [9.17, 15) is 4.39 Å². The van der Waals surface area contributed by atoms with E-state index in [1.54, 1.807) is 25.4 Å². The van der Waals surface area contributed by atoms with Crippen LogP contribution < -0.4 is 15.4 Å².